The van der Waals surface area contributed by atoms with Gasteiger partial charge in [-0.2, -0.15) is 0 Å². The summed E-state index contributed by atoms with van der Waals surface area (Å²) < 4.78 is 5.76. The Morgan fingerprint density at radius 2 is 1.89 bits per heavy atom. The van der Waals surface area contributed by atoms with Crippen molar-refractivity contribution in [2.75, 3.05) is 6.61 Å². The van der Waals surface area contributed by atoms with Crippen LogP contribution < -0.4 is 4.74 Å². The third kappa shape index (κ3) is 3.10. The molecule has 2 nitrogen and oxygen atoms in total. The zero-order valence-electron chi connectivity index (χ0n) is 10.7. The average molecular weight is 242 g/mol. The number of fused-ring (bicyclic) bond motifs is 1. The van der Waals surface area contributed by atoms with Crippen LogP contribution >= 0.6 is 0 Å². The molecule has 0 saturated heterocycles. The molecule has 0 unspecified atom stereocenters. The summed E-state index contributed by atoms with van der Waals surface area (Å²) in [5.41, 5.74) is 0. The molecular formula is C16H18O2. The lowest BCUT2D eigenvalue weighted by Gasteiger charge is -2.08. The molecule has 0 saturated carbocycles. The lowest BCUT2D eigenvalue weighted by atomic mass is 10.1. The number of carbonyl (C=O) groups excluding carboxylic acids is 1. The van der Waals surface area contributed by atoms with E-state index in [-0.39, 0.29) is 0 Å². The first-order chi connectivity index (χ1) is 8.81. The van der Waals surface area contributed by atoms with E-state index < -0.39 is 0 Å². The molecule has 0 aliphatic rings. The fraction of sp³-hybridized carbons (Fsp3) is 0.312. The molecule has 0 aromatic heterocycles. The summed E-state index contributed by atoms with van der Waals surface area (Å²) in [6.45, 7) is 2.49. The van der Waals surface area contributed by atoms with Crippen molar-refractivity contribution in [3.8, 4) is 5.75 Å². The summed E-state index contributed by atoms with van der Waals surface area (Å²) in [4.78, 5) is 11.2. The molecule has 0 spiro atoms. The van der Waals surface area contributed by atoms with Crippen LogP contribution in [0.5, 0.6) is 5.75 Å². The standard InChI is InChI=1S/C16H18O2/c1-2-14(17)9-6-12-18-16-11-5-8-13-7-3-4-10-15(13)16/h3-5,7-8,10-11H,2,6,9,12H2,1H3. The first-order valence-electron chi connectivity index (χ1n) is 6.43. The molecule has 2 aromatic rings. The van der Waals surface area contributed by atoms with Gasteiger partial charge in [-0.25, -0.2) is 0 Å². The van der Waals surface area contributed by atoms with Crippen LogP contribution in [0.25, 0.3) is 10.8 Å². The van der Waals surface area contributed by atoms with Gasteiger partial charge in [0, 0.05) is 18.2 Å². The Bertz CT molecular complexity index is 526. The van der Waals surface area contributed by atoms with E-state index in [0.717, 1.165) is 17.6 Å². The quantitative estimate of drug-likeness (QED) is 0.716. The third-order valence-electron chi connectivity index (χ3n) is 3.00. The van der Waals surface area contributed by atoms with Gasteiger partial charge in [-0.05, 0) is 17.9 Å². The Morgan fingerprint density at radius 1 is 1.11 bits per heavy atom. The van der Waals surface area contributed by atoms with E-state index in [4.69, 9.17) is 4.74 Å². The molecule has 0 N–H and O–H groups in total. The van der Waals surface area contributed by atoms with Crippen LogP contribution in [-0.4, -0.2) is 12.4 Å². The molecular weight excluding hydrogens is 224 g/mol. The van der Waals surface area contributed by atoms with Crippen LogP contribution in [0, 0.1) is 0 Å². The van der Waals surface area contributed by atoms with Crippen molar-refractivity contribution < 1.29 is 9.53 Å². The molecule has 0 aliphatic carbocycles. The lowest BCUT2D eigenvalue weighted by Crippen LogP contribution is -2.02. The summed E-state index contributed by atoms with van der Waals surface area (Å²) in [6, 6.07) is 14.2. The molecule has 2 heteroatoms. The van der Waals surface area contributed by atoms with E-state index in [1.165, 1.54) is 5.39 Å². The summed E-state index contributed by atoms with van der Waals surface area (Å²) in [7, 11) is 0. The molecule has 0 atom stereocenters. The first kappa shape index (κ1) is 12.6. The fourth-order valence-electron chi connectivity index (χ4n) is 1.95. The van der Waals surface area contributed by atoms with Crippen LogP contribution in [0.4, 0.5) is 0 Å². The van der Waals surface area contributed by atoms with Gasteiger partial charge in [-0.3, -0.25) is 4.79 Å². The van der Waals surface area contributed by atoms with Gasteiger partial charge < -0.3 is 4.74 Å². The molecule has 2 rings (SSSR count). The van der Waals surface area contributed by atoms with Crippen molar-refractivity contribution in [3.05, 3.63) is 42.5 Å². The summed E-state index contributed by atoms with van der Waals surface area (Å²) in [6.07, 6.45) is 2.02. The van der Waals surface area contributed by atoms with Crippen LogP contribution in [0.3, 0.4) is 0 Å². The van der Waals surface area contributed by atoms with Crippen molar-refractivity contribution >= 4 is 16.6 Å². The lowest BCUT2D eigenvalue weighted by molar-refractivity contribution is -0.118. The maximum absolute atomic E-state index is 11.2. The summed E-state index contributed by atoms with van der Waals surface area (Å²) in [5.74, 6) is 1.20. The zero-order chi connectivity index (χ0) is 12.8. The maximum atomic E-state index is 11.2. The number of hydrogen-bond donors (Lipinski definition) is 0. The Kier molecular flexibility index (Phi) is 4.35. The molecule has 0 bridgehead atoms. The normalized spacial score (nSPS) is 10.5. The van der Waals surface area contributed by atoms with E-state index in [9.17, 15) is 4.79 Å². The van der Waals surface area contributed by atoms with Crippen LogP contribution in [0.15, 0.2) is 42.5 Å². The van der Waals surface area contributed by atoms with Crippen molar-refractivity contribution in [3.63, 3.8) is 0 Å². The minimum Gasteiger partial charge on any atom is -0.493 e. The number of hydrogen-bond acceptors (Lipinski definition) is 2. The predicted molar refractivity (Wildman–Crippen MR) is 74.0 cm³/mol. The smallest absolute Gasteiger partial charge is 0.132 e. The van der Waals surface area contributed by atoms with Gasteiger partial charge in [-0.15, -0.1) is 0 Å². The first-order valence-corrected chi connectivity index (χ1v) is 6.43. The molecule has 18 heavy (non-hydrogen) atoms. The highest BCUT2D eigenvalue weighted by Gasteiger charge is 2.02. The number of carbonyl (C=O) groups is 1. The Labute approximate surface area is 108 Å². The van der Waals surface area contributed by atoms with Crippen LogP contribution in [0.1, 0.15) is 26.2 Å². The minimum absolute atomic E-state index is 0.302. The number of Topliss-reactive ketones (excluding diaryl/α,β-unsaturated/α-hetero) is 1. The second kappa shape index (κ2) is 6.20. The van der Waals surface area contributed by atoms with Gasteiger partial charge in [0.1, 0.15) is 11.5 Å². The Morgan fingerprint density at radius 3 is 2.72 bits per heavy atom. The number of ketones is 1. The van der Waals surface area contributed by atoms with Gasteiger partial charge in [0.2, 0.25) is 0 Å². The van der Waals surface area contributed by atoms with E-state index in [2.05, 4.69) is 18.2 Å². The van der Waals surface area contributed by atoms with Crippen molar-refractivity contribution in [2.24, 2.45) is 0 Å². The van der Waals surface area contributed by atoms with E-state index in [1.54, 1.807) is 0 Å². The maximum Gasteiger partial charge on any atom is 0.132 e. The van der Waals surface area contributed by atoms with E-state index in [0.29, 0.717) is 25.2 Å². The molecule has 0 radical (unpaired) electrons. The van der Waals surface area contributed by atoms with Gasteiger partial charge in [-0.1, -0.05) is 43.3 Å². The van der Waals surface area contributed by atoms with Gasteiger partial charge in [0.25, 0.3) is 0 Å². The third-order valence-corrected chi connectivity index (χ3v) is 3.00. The number of benzene rings is 2. The van der Waals surface area contributed by atoms with Crippen LogP contribution in [-0.2, 0) is 4.79 Å². The van der Waals surface area contributed by atoms with Crippen LogP contribution in [0.2, 0.25) is 0 Å². The Hall–Kier alpha value is -1.83. The highest BCUT2D eigenvalue weighted by Crippen LogP contribution is 2.25. The van der Waals surface area contributed by atoms with Gasteiger partial charge >= 0.3 is 0 Å². The summed E-state index contributed by atoms with van der Waals surface area (Å²) in [5, 5.41) is 2.31. The van der Waals surface area contributed by atoms with Gasteiger partial charge in [0.05, 0.1) is 6.61 Å². The minimum atomic E-state index is 0.302. The predicted octanol–water partition coefficient (Wildman–Crippen LogP) is 3.98. The zero-order valence-corrected chi connectivity index (χ0v) is 10.7. The molecule has 0 fully saturated rings. The highest BCUT2D eigenvalue weighted by molar-refractivity contribution is 5.88. The molecule has 0 heterocycles. The largest absolute Gasteiger partial charge is 0.493 e. The molecule has 94 valence electrons. The second-order valence-electron chi connectivity index (χ2n) is 4.32. The van der Waals surface area contributed by atoms with Gasteiger partial charge in [0.15, 0.2) is 0 Å². The second-order valence-corrected chi connectivity index (χ2v) is 4.32. The van der Waals surface area contributed by atoms with Crippen molar-refractivity contribution in [2.45, 2.75) is 26.2 Å². The molecule has 0 aliphatic heterocycles. The summed E-state index contributed by atoms with van der Waals surface area (Å²) >= 11 is 0. The Balaban J connectivity index is 1.97. The highest BCUT2D eigenvalue weighted by atomic mass is 16.5. The fourth-order valence-corrected chi connectivity index (χ4v) is 1.95. The number of ether oxygens (including phenoxy) is 1. The monoisotopic (exact) mass is 242 g/mol. The van der Waals surface area contributed by atoms with Crippen molar-refractivity contribution in [1.82, 2.24) is 0 Å². The topological polar surface area (TPSA) is 26.3 Å². The average Bonchev–Trinajstić information content (AvgIpc) is 2.43. The SMILES string of the molecule is CCC(=O)CCCOc1cccc2ccccc12. The van der Waals surface area contributed by atoms with Crippen molar-refractivity contribution in [1.29, 1.82) is 0 Å². The molecule has 2 aromatic carbocycles. The van der Waals surface area contributed by atoms with E-state index in [1.807, 2.05) is 31.2 Å². The number of rotatable bonds is 6. The molecule has 0 amide bonds. The van der Waals surface area contributed by atoms with E-state index >= 15 is 0 Å².